The molecular formula is C20H30F3IN4O. The van der Waals surface area contributed by atoms with Crippen molar-refractivity contribution in [2.75, 3.05) is 46.9 Å². The van der Waals surface area contributed by atoms with Crippen molar-refractivity contribution < 1.29 is 17.9 Å². The van der Waals surface area contributed by atoms with Crippen molar-refractivity contribution >= 4 is 29.9 Å². The first-order chi connectivity index (χ1) is 13.3. The lowest BCUT2D eigenvalue weighted by atomic mass is 9.64. The highest BCUT2D eigenvalue weighted by molar-refractivity contribution is 14.0. The van der Waals surface area contributed by atoms with Crippen LogP contribution in [0.2, 0.25) is 0 Å². The largest absolute Gasteiger partial charge is 0.416 e. The average Bonchev–Trinajstić information content (AvgIpc) is 2.63. The van der Waals surface area contributed by atoms with Gasteiger partial charge in [0.15, 0.2) is 5.96 Å². The number of hydrogen-bond donors (Lipinski definition) is 2. The van der Waals surface area contributed by atoms with Crippen LogP contribution < -0.4 is 10.6 Å². The number of halogens is 4. The average molecular weight is 526 g/mol. The molecule has 3 rings (SSSR count). The van der Waals surface area contributed by atoms with Crippen LogP contribution in [0.15, 0.2) is 29.3 Å². The van der Waals surface area contributed by atoms with Gasteiger partial charge in [0, 0.05) is 38.6 Å². The third kappa shape index (κ3) is 6.21. The zero-order chi connectivity index (χ0) is 20.2. The first-order valence-electron chi connectivity index (χ1n) is 9.75. The number of ether oxygens (including phenoxy) is 1. The quantitative estimate of drug-likeness (QED) is 0.352. The molecule has 0 bridgehead atoms. The van der Waals surface area contributed by atoms with Crippen LogP contribution in [-0.4, -0.2) is 63.8 Å². The van der Waals surface area contributed by atoms with E-state index < -0.39 is 11.7 Å². The summed E-state index contributed by atoms with van der Waals surface area (Å²) in [6.45, 7) is 3.70. The fourth-order valence-corrected chi connectivity index (χ4v) is 3.87. The van der Waals surface area contributed by atoms with Gasteiger partial charge in [-0.15, -0.1) is 24.0 Å². The zero-order valence-corrected chi connectivity index (χ0v) is 19.2. The first kappa shape index (κ1) is 24.2. The van der Waals surface area contributed by atoms with Gasteiger partial charge in [-0.2, -0.15) is 13.2 Å². The molecule has 0 radical (unpaired) electrons. The topological polar surface area (TPSA) is 48.9 Å². The Hall–Kier alpha value is -1.07. The highest BCUT2D eigenvalue weighted by atomic mass is 127. The summed E-state index contributed by atoms with van der Waals surface area (Å²) in [5.74, 6) is 0.648. The predicted molar refractivity (Wildman–Crippen MR) is 119 cm³/mol. The van der Waals surface area contributed by atoms with Gasteiger partial charge in [0.2, 0.25) is 0 Å². The molecule has 164 valence electrons. The van der Waals surface area contributed by atoms with E-state index in [9.17, 15) is 13.2 Å². The minimum Gasteiger partial charge on any atom is -0.374 e. The lowest BCUT2D eigenvalue weighted by Gasteiger charge is -2.43. The van der Waals surface area contributed by atoms with Gasteiger partial charge in [0.25, 0.3) is 0 Å². The summed E-state index contributed by atoms with van der Waals surface area (Å²) in [5, 5.41) is 6.58. The van der Waals surface area contributed by atoms with Gasteiger partial charge >= 0.3 is 6.18 Å². The predicted octanol–water partition coefficient (Wildman–Crippen LogP) is 3.24. The molecule has 2 aliphatic rings. The number of alkyl halides is 3. The van der Waals surface area contributed by atoms with Crippen LogP contribution in [0.5, 0.6) is 0 Å². The van der Waals surface area contributed by atoms with Crippen molar-refractivity contribution in [3.8, 4) is 0 Å². The second-order valence-corrected chi connectivity index (χ2v) is 7.77. The molecule has 2 N–H and O–H groups in total. The van der Waals surface area contributed by atoms with Gasteiger partial charge in [-0.1, -0.05) is 24.6 Å². The Morgan fingerprint density at radius 1 is 1.31 bits per heavy atom. The van der Waals surface area contributed by atoms with Crippen molar-refractivity contribution in [3.63, 3.8) is 0 Å². The fraction of sp³-hybridized carbons (Fsp3) is 0.650. The maximum Gasteiger partial charge on any atom is 0.416 e. The number of rotatable bonds is 5. The Morgan fingerprint density at radius 3 is 2.66 bits per heavy atom. The van der Waals surface area contributed by atoms with Crippen LogP contribution in [0.4, 0.5) is 13.2 Å². The smallest absolute Gasteiger partial charge is 0.374 e. The number of likely N-dealkylation sites (N-methyl/N-ethyl adjacent to an activating group) is 1. The number of benzene rings is 1. The lowest BCUT2D eigenvalue weighted by molar-refractivity contribution is -0.137. The molecule has 1 aliphatic heterocycles. The normalized spacial score (nSPS) is 22.4. The number of nitrogens with zero attached hydrogens (tertiary/aromatic N) is 2. The monoisotopic (exact) mass is 526 g/mol. The molecule has 1 saturated heterocycles. The standard InChI is InChI=1S/C20H29F3N4O.HI/c1-24-18(25-12-17-13-27(2)9-10-28-17)26-14-19(7-4-8-19)15-5-3-6-16(11-15)20(21,22)23;/h3,5-6,11,17H,4,7-10,12-14H2,1-2H3,(H2,24,25,26);1H. The maximum absolute atomic E-state index is 13.1. The summed E-state index contributed by atoms with van der Waals surface area (Å²) in [7, 11) is 3.76. The number of nitrogens with one attached hydrogen (secondary N) is 2. The number of hydrogen-bond acceptors (Lipinski definition) is 3. The van der Waals surface area contributed by atoms with Gasteiger partial charge in [-0.25, -0.2) is 0 Å². The van der Waals surface area contributed by atoms with Crippen LogP contribution in [0.1, 0.15) is 30.4 Å². The van der Waals surface area contributed by atoms with Gasteiger partial charge in [-0.05, 0) is 31.5 Å². The van der Waals surface area contributed by atoms with Gasteiger partial charge in [-0.3, -0.25) is 4.99 Å². The summed E-state index contributed by atoms with van der Waals surface area (Å²) in [5.41, 5.74) is -0.119. The van der Waals surface area contributed by atoms with E-state index in [0.717, 1.165) is 44.0 Å². The van der Waals surface area contributed by atoms with Crippen LogP contribution in [-0.2, 0) is 16.3 Å². The van der Waals surface area contributed by atoms with E-state index in [-0.39, 0.29) is 35.5 Å². The molecule has 5 nitrogen and oxygen atoms in total. The van der Waals surface area contributed by atoms with Crippen LogP contribution >= 0.6 is 24.0 Å². The van der Waals surface area contributed by atoms with Crippen molar-refractivity contribution in [1.29, 1.82) is 0 Å². The molecular weight excluding hydrogens is 496 g/mol. The Bertz CT molecular complexity index is 695. The van der Waals surface area contributed by atoms with Crippen molar-refractivity contribution in [1.82, 2.24) is 15.5 Å². The molecule has 1 heterocycles. The summed E-state index contributed by atoms with van der Waals surface area (Å²) >= 11 is 0. The minimum atomic E-state index is -4.32. The van der Waals surface area contributed by atoms with Gasteiger partial charge in [0.05, 0.1) is 18.3 Å². The minimum absolute atomic E-state index is 0. The molecule has 0 spiro atoms. The van der Waals surface area contributed by atoms with Gasteiger partial charge in [0.1, 0.15) is 0 Å². The zero-order valence-electron chi connectivity index (χ0n) is 16.9. The number of morpholine rings is 1. The van der Waals surface area contributed by atoms with E-state index in [1.54, 1.807) is 13.1 Å². The van der Waals surface area contributed by atoms with E-state index in [1.165, 1.54) is 12.1 Å². The number of guanidine groups is 1. The van der Waals surface area contributed by atoms with Crippen LogP contribution in [0.3, 0.4) is 0 Å². The Balaban J connectivity index is 0.00000300. The Morgan fingerprint density at radius 2 is 2.07 bits per heavy atom. The van der Waals surface area contributed by atoms with Crippen LogP contribution in [0, 0.1) is 0 Å². The molecule has 0 amide bonds. The second kappa shape index (κ2) is 10.3. The van der Waals surface area contributed by atoms with Crippen LogP contribution in [0.25, 0.3) is 0 Å². The third-order valence-corrected chi connectivity index (χ3v) is 5.77. The molecule has 29 heavy (non-hydrogen) atoms. The maximum atomic E-state index is 13.1. The Labute approximate surface area is 187 Å². The molecule has 0 aromatic heterocycles. The summed E-state index contributed by atoms with van der Waals surface area (Å²) in [6, 6.07) is 5.73. The molecule has 1 aromatic carbocycles. The van der Waals surface area contributed by atoms with Crippen molar-refractivity contribution in [2.24, 2.45) is 4.99 Å². The summed E-state index contributed by atoms with van der Waals surface area (Å²) < 4.78 is 45.0. The molecule has 1 aliphatic carbocycles. The number of aliphatic imine (C=N–C) groups is 1. The van der Waals surface area contributed by atoms with E-state index in [2.05, 4.69) is 27.6 Å². The summed E-state index contributed by atoms with van der Waals surface area (Å²) in [6.07, 6.45) is -1.46. The highest BCUT2D eigenvalue weighted by Gasteiger charge is 2.40. The fourth-order valence-electron chi connectivity index (χ4n) is 3.87. The van der Waals surface area contributed by atoms with E-state index >= 15 is 0 Å². The SMILES string of the molecule is CN=C(NCC1CN(C)CCO1)NCC1(c2cccc(C(F)(F)F)c2)CCC1.I. The molecule has 1 saturated carbocycles. The second-order valence-electron chi connectivity index (χ2n) is 7.77. The van der Waals surface area contributed by atoms with Gasteiger partial charge < -0.3 is 20.3 Å². The lowest BCUT2D eigenvalue weighted by Crippen LogP contribution is -2.51. The summed E-state index contributed by atoms with van der Waals surface area (Å²) in [4.78, 5) is 6.47. The molecule has 2 fully saturated rings. The molecule has 1 unspecified atom stereocenters. The third-order valence-electron chi connectivity index (χ3n) is 5.77. The molecule has 1 atom stereocenters. The first-order valence-corrected chi connectivity index (χ1v) is 9.75. The van der Waals surface area contributed by atoms with E-state index in [4.69, 9.17) is 4.74 Å². The van der Waals surface area contributed by atoms with Crippen molar-refractivity contribution in [3.05, 3.63) is 35.4 Å². The highest BCUT2D eigenvalue weighted by Crippen LogP contribution is 2.44. The van der Waals surface area contributed by atoms with E-state index in [0.29, 0.717) is 25.7 Å². The van der Waals surface area contributed by atoms with E-state index in [1.807, 2.05) is 0 Å². The van der Waals surface area contributed by atoms with Crippen molar-refractivity contribution in [2.45, 2.75) is 37.0 Å². The Kier molecular flexibility index (Phi) is 8.59. The molecule has 1 aromatic rings. The molecule has 9 heteroatoms.